The summed E-state index contributed by atoms with van der Waals surface area (Å²) in [4.78, 5) is 2.23. The molecule has 1 aromatic carbocycles. The molecule has 0 aliphatic rings. The first kappa shape index (κ1) is 15.2. The van der Waals surface area contributed by atoms with Crippen molar-refractivity contribution in [2.45, 2.75) is 20.4 Å². The Hall–Kier alpha value is -1.81. The van der Waals surface area contributed by atoms with Crippen LogP contribution in [0, 0.1) is 29.1 Å². The Kier molecular flexibility index (Phi) is 6.68. The van der Waals surface area contributed by atoms with Gasteiger partial charge >= 0.3 is 0 Å². The minimum atomic E-state index is -0.128. The molecule has 100 valence electrons. The Labute approximate surface area is 115 Å². The van der Waals surface area contributed by atoms with Crippen LogP contribution in [-0.4, -0.2) is 29.7 Å². The van der Waals surface area contributed by atoms with Crippen LogP contribution < -0.4 is 0 Å². The third kappa shape index (κ3) is 5.14. The van der Waals surface area contributed by atoms with Crippen molar-refractivity contribution in [1.29, 1.82) is 5.26 Å². The molecule has 0 amide bonds. The van der Waals surface area contributed by atoms with Crippen LogP contribution in [0.15, 0.2) is 24.3 Å². The molecule has 3 heteroatoms. The van der Waals surface area contributed by atoms with Gasteiger partial charge in [-0.05, 0) is 25.1 Å². The molecule has 0 fully saturated rings. The number of aliphatic hydroxyl groups is 1. The molecule has 0 saturated heterocycles. The lowest BCUT2D eigenvalue weighted by Crippen LogP contribution is -2.27. The van der Waals surface area contributed by atoms with Crippen LogP contribution in [0.5, 0.6) is 0 Å². The van der Waals surface area contributed by atoms with Crippen molar-refractivity contribution in [2.75, 3.05) is 19.7 Å². The van der Waals surface area contributed by atoms with Crippen molar-refractivity contribution in [1.82, 2.24) is 4.90 Å². The SMILES string of the molecule is CCN(Cc1ccccc1C#CCO)CC(C)C#N. The van der Waals surface area contributed by atoms with Gasteiger partial charge in [-0.1, -0.05) is 37.0 Å². The van der Waals surface area contributed by atoms with Crippen LogP contribution in [0.2, 0.25) is 0 Å². The van der Waals surface area contributed by atoms with Crippen LogP contribution in [0.25, 0.3) is 0 Å². The summed E-state index contributed by atoms with van der Waals surface area (Å²) in [7, 11) is 0. The monoisotopic (exact) mass is 256 g/mol. The fourth-order valence-electron chi connectivity index (χ4n) is 1.89. The Morgan fingerprint density at radius 3 is 2.74 bits per heavy atom. The quantitative estimate of drug-likeness (QED) is 0.820. The van der Waals surface area contributed by atoms with Crippen molar-refractivity contribution in [3.05, 3.63) is 35.4 Å². The first-order valence-electron chi connectivity index (χ1n) is 6.50. The Bertz CT molecular complexity index is 493. The van der Waals surface area contributed by atoms with Gasteiger partial charge in [0.05, 0.1) is 12.0 Å². The average molecular weight is 256 g/mol. The smallest absolute Gasteiger partial charge is 0.104 e. The number of benzene rings is 1. The zero-order valence-electron chi connectivity index (χ0n) is 11.6. The van der Waals surface area contributed by atoms with Crippen LogP contribution in [0.1, 0.15) is 25.0 Å². The molecule has 1 N–H and O–H groups in total. The van der Waals surface area contributed by atoms with Gasteiger partial charge in [0.15, 0.2) is 0 Å². The van der Waals surface area contributed by atoms with Gasteiger partial charge in [-0.3, -0.25) is 4.90 Å². The van der Waals surface area contributed by atoms with Gasteiger partial charge in [0.25, 0.3) is 0 Å². The summed E-state index contributed by atoms with van der Waals surface area (Å²) in [5.74, 6) is 5.67. The molecular weight excluding hydrogens is 236 g/mol. The third-order valence-corrected chi connectivity index (χ3v) is 2.91. The lowest BCUT2D eigenvalue weighted by molar-refractivity contribution is 0.260. The number of nitrogens with zero attached hydrogens (tertiary/aromatic N) is 2. The summed E-state index contributed by atoms with van der Waals surface area (Å²) in [6.07, 6.45) is 0. The van der Waals surface area contributed by atoms with Gasteiger partial charge in [-0.15, -0.1) is 0 Å². The van der Waals surface area contributed by atoms with E-state index in [4.69, 9.17) is 10.4 Å². The fourth-order valence-corrected chi connectivity index (χ4v) is 1.89. The van der Waals surface area contributed by atoms with Crippen LogP contribution in [0.3, 0.4) is 0 Å². The Morgan fingerprint density at radius 2 is 2.11 bits per heavy atom. The van der Waals surface area contributed by atoms with Crippen molar-refractivity contribution in [3.63, 3.8) is 0 Å². The molecule has 0 saturated carbocycles. The van der Waals surface area contributed by atoms with Gasteiger partial charge in [0, 0.05) is 18.7 Å². The molecule has 3 nitrogen and oxygen atoms in total. The first-order chi connectivity index (χ1) is 9.21. The molecule has 0 heterocycles. The average Bonchev–Trinajstić information content (AvgIpc) is 2.45. The van der Waals surface area contributed by atoms with Crippen molar-refractivity contribution in [3.8, 4) is 17.9 Å². The van der Waals surface area contributed by atoms with Crippen molar-refractivity contribution < 1.29 is 5.11 Å². The van der Waals surface area contributed by atoms with E-state index in [9.17, 15) is 0 Å². The molecule has 1 atom stereocenters. The van der Waals surface area contributed by atoms with E-state index in [1.54, 1.807) is 0 Å². The first-order valence-corrected chi connectivity index (χ1v) is 6.50. The van der Waals surface area contributed by atoms with E-state index < -0.39 is 0 Å². The molecule has 0 bridgehead atoms. The molecule has 1 rings (SSSR count). The minimum absolute atomic E-state index is 0.0237. The predicted molar refractivity (Wildman–Crippen MR) is 76.1 cm³/mol. The minimum Gasteiger partial charge on any atom is -0.384 e. The second kappa shape index (κ2) is 8.32. The highest BCUT2D eigenvalue weighted by atomic mass is 16.2. The number of nitriles is 1. The molecule has 0 radical (unpaired) electrons. The van der Waals surface area contributed by atoms with E-state index in [0.717, 1.165) is 30.8 Å². The van der Waals surface area contributed by atoms with E-state index in [1.807, 2.05) is 31.2 Å². The van der Waals surface area contributed by atoms with E-state index in [-0.39, 0.29) is 12.5 Å². The number of rotatable bonds is 5. The molecule has 1 unspecified atom stereocenters. The van der Waals surface area contributed by atoms with Gasteiger partial charge in [-0.25, -0.2) is 0 Å². The van der Waals surface area contributed by atoms with E-state index >= 15 is 0 Å². The van der Waals surface area contributed by atoms with Crippen LogP contribution in [0.4, 0.5) is 0 Å². The predicted octanol–water partition coefficient (Wildman–Crippen LogP) is 2.01. The van der Waals surface area contributed by atoms with Gasteiger partial charge in [0.2, 0.25) is 0 Å². The second-order valence-electron chi connectivity index (χ2n) is 4.47. The maximum atomic E-state index is 8.89. The topological polar surface area (TPSA) is 47.3 Å². The van der Waals surface area contributed by atoms with Gasteiger partial charge in [-0.2, -0.15) is 5.26 Å². The summed E-state index contributed by atoms with van der Waals surface area (Å²) < 4.78 is 0. The normalized spacial score (nSPS) is 11.5. The van der Waals surface area contributed by atoms with E-state index in [0.29, 0.717) is 0 Å². The molecule has 19 heavy (non-hydrogen) atoms. The standard InChI is InChI=1S/C16H20N2O/c1-3-18(12-14(2)11-17)13-16-8-5-4-7-15(16)9-6-10-19/h4-5,7-8,14,19H,3,10,12-13H2,1-2H3. The maximum Gasteiger partial charge on any atom is 0.104 e. The lowest BCUT2D eigenvalue weighted by Gasteiger charge is -2.22. The van der Waals surface area contributed by atoms with Crippen LogP contribution in [-0.2, 0) is 6.54 Å². The van der Waals surface area contributed by atoms with Crippen molar-refractivity contribution >= 4 is 0 Å². The number of hydrogen-bond acceptors (Lipinski definition) is 3. The summed E-state index contributed by atoms with van der Waals surface area (Å²) >= 11 is 0. The highest BCUT2D eigenvalue weighted by molar-refractivity contribution is 5.41. The fraction of sp³-hybridized carbons (Fsp3) is 0.438. The second-order valence-corrected chi connectivity index (χ2v) is 4.47. The van der Waals surface area contributed by atoms with Gasteiger partial charge < -0.3 is 5.11 Å². The highest BCUT2D eigenvalue weighted by Crippen LogP contribution is 2.12. The third-order valence-electron chi connectivity index (χ3n) is 2.91. The molecule has 0 aromatic heterocycles. The largest absolute Gasteiger partial charge is 0.384 e. The number of hydrogen-bond donors (Lipinski definition) is 1. The molecule has 0 aliphatic heterocycles. The Balaban J connectivity index is 2.82. The molecular formula is C16H20N2O. The summed E-state index contributed by atoms with van der Waals surface area (Å²) in [6.45, 7) is 6.32. The van der Waals surface area contributed by atoms with Gasteiger partial charge in [0.1, 0.15) is 6.61 Å². The highest BCUT2D eigenvalue weighted by Gasteiger charge is 2.10. The zero-order valence-corrected chi connectivity index (χ0v) is 11.6. The molecule has 1 aromatic rings. The summed E-state index contributed by atoms with van der Waals surface area (Å²) in [6, 6.07) is 10.2. The van der Waals surface area contributed by atoms with E-state index in [1.165, 1.54) is 0 Å². The maximum absolute atomic E-state index is 8.89. The zero-order chi connectivity index (χ0) is 14.1. The Morgan fingerprint density at radius 1 is 1.37 bits per heavy atom. The van der Waals surface area contributed by atoms with Crippen LogP contribution >= 0.6 is 0 Å². The number of aliphatic hydroxyl groups excluding tert-OH is 1. The molecule has 0 spiro atoms. The molecule has 0 aliphatic carbocycles. The van der Waals surface area contributed by atoms with Crippen molar-refractivity contribution in [2.24, 2.45) is 5.92 Å². The summed E-state index contributed by atoms with van der Waals surface area (Å²) in [5, 5.41) is 17.7. The lowest BCUT2D eigenvalue weighted by atomic mass is 10.1. The van der Waals surface area contributed by atoms with E-state index in [2.05, 4.69) is 29.7 Å². The summed E-state index contributed by atoms with van der Waals surface area (Å²) in [5.41, 5.74) is 2.08.